The molecule has 130 valence electrons. The van der Waals surface area contributed by atoms with Gasteiger partial charge in [-0.2, -0.15) is 0 Å². The Morgan fingerprint density at radius 2 is 1.79 bits per heavy atom. The number of nitrogens with zero attached hydrogens (tertiary/aromatic N) is 1. The van der Waals surface area contributed by atoms with E-state index < -0.39 is 6.10 Å². The molecule has 1 aromatic carbocycles. The molecule has 1 saturated carbocycles. The van der Waals surface area contributed by atoms with Crippen molar-refractivity contribution in [3.05, 3.63) is 24.3 Å². The molecule has 1 saturated heterocycles. The molecule has 1 unspecified atom stereocenters. The second-order valence-corrected chi connectivity index (χ2v) is 6.64. The largest absolute Gasteiger partial charge is 0.508 e. The van der Waals surface area contributed by atoms with E-state index in [9.17, 15) is 14.7 Å². The van der Waals surface area contributed by atoms with Gasteiger partial charge in [-0.15, -0.1) is 0 Å². The summed E-state index contributed by atoms with van der Waals surface area (Å²) in [6.45, 7) is 3.13. The van der Waals surface area contributed by atoms with Crippen LogP contribution in [0.25, 0.3) is 0 Å². The van der Waals surface area contributed by atoms with Crippen LogP contribution in [-0.4, -0.2) is 47.1 Å². The average Bonchev–Trinajstić information content (AvgIpc) is 3.42. The number of phenolic OH excluding ortho intramolecular Hbond substituents is 1. The van der Waals surface area contributed by atoms with Gasteiger partial charge in [-0.1, -0.05) is 0 Å². The Bertz CT molecular complexity index is 590. The quantitative estimate of drug-likeness (QED) is 0.860. The average molecular weight is 332 g/mol. The zero-order valence-corrected chi connectivity index (χ0v) is 13.9. The molecule has 0 spiro atoms. The highest BCUT2D eigenvalue weighted by atomic mass is 16.5. The molecule has 1 aliphatic heterocycles. The first-order valence-corrected chi connectivity index (χ1v) is 8.58. The molecule has 1 aromatic rings. The van der Waals surface area contributed by atoms with Crippen LogP contribution in [0.15, 0.2) is 24.3 Å². The molecule has 2 fully saturated rings. The number of likely N-dealkylation sites (tertiary alicyclic amines) is 1. The van der Waals surface area contributed by atoms with Crippen molar-refractivity contribution in [3.63, 3.8) is 0 Å². The van der Waals surface area contributed by atoms with Crippen LogP contribution >= 0.6 is 0 Å². The van der Waals surface area contributed by atoms with Crippen molar-refractivity contribution in [1.82, 2.24) is 10.2 Å². The fourth-order valence-corrected chi connectivity index (χ4v) is 2.93. The number of aromatic hydroxyl groups is 1. The number of ether oxygens (including phenoxy) is 1. The Labute approximate surface area is 141 Å². The minimum Gasteiger partial charge on any atom is -0.508 e. The van der Waals surface area contributed by atoms with Gasteiger partial charge in [0.2, 0.25) is 5.91 Å². The molecule has 0 aromatic heterocycles. The number of nitrogens with one attached hydrogen (secondary N) is 1. The Hall–Kier alpha value is -2.24. The summed E-state index contributed by atoms with van der Waals surface area (Å²) in [6, 6.07) is 6.38. The predicted octanol–water partition coefficient (Wildman–Crippen LogP) is 1.68. The molecule has 3 rings (SSSR count). The predicted molar refractivity (Wildman–Crippen MR) is 88.7 cm³/mol. The molecule has 24 heavy (non-hydrogen) atoms. The molecule has 0 radical (unpaired) electrons. The second kappa shape index (κ2) is 7.11. The van der Waals surface area contributed by atoms with Crippen molar-refractivity contribution in [2.24, 2.45) is 5.92 Å². The van der Waals surface area contributed by atoms with E-state index in [0.29, 0.717) is 18.8 Å². The fraction of sp³-hybridized carbons (Fsp3) is 0.556. The standard InChI is InChI=1S/C18H24N2O4/c1-12(24-16-6-4-15(21)5-7-16)17(22)19-14-8-10-20(11-9-14)18(23)13-2-3-13/h4-7,12-14,21H,2-3,8-11H2,1H3,(H,19,22). The van der Waals surface area contributed by atoms with Gasteiger partial charge in [0.15, 0.2) is 6.10 Å². The Kier molecular flexibility index (Phi) is 4.92. The van der Waals surface area contributed by atoms with Gasteiger partial charge in [0.1, 0.15) is 11.5 Å². The molecular weight excluding hydrogens is 308 g/mol. The Morgan fingerprint density at radius 3 is 2.38 bits per heavy atom. The summed E-state index contributed by atoms with van der Waals surface area (Å²) in [7, 11) is 0. The van der Waals surface area contributed by atoms with Gasteiger partial charge in [0.05, 0.1) is 0 Å². The van der Waals surface area contributed by atoms with E-state index in [1.54, 1.807) is 19.1 Å². The first-order valence-electron chi connectivity index (χ1n) is 8.58. The maximum Gasteiger partial charge on any atom is 0.260 e. The van der Waals surface area contributed by atoms with Crippen LogP contribution in [0.3, 0.4) is 0 Å². The van der Waals surface area contributed by atoms with Crippen LogP contribution < -0.4 is 10.1 Å². The summed E-state index contributed by atoms with van der Waals surface area (Å²) in [5.74, 6) is 1.08. The third kappa shape index (κ3) is 4.19. The molecule has 0 bridgehead atoms. The highest BCUT2D eigenvalue weighted by Gasteiger charge is 2.35. The monoisotopic (exact) mass is 332 g/mol. The Morgan fingerprint density at radius 1 is 1.17 bits per heavy atom. The number of carbonyl (C=O) groups is 2. The van der Waals surface area contributed by atoms with Crippen LogP contribution in [0, 0.1) is 5.92 Å². The molecule has 2 N–H and O–H groups in total. The van der Waals surface area contributed by atoms with Crippen molar-refractivity contribution < 1.29 is 19.4 Å². The van der Waals surface area contributed by atoms with Gasteiger partial charge in [0.25, 0.3) is 5.91 Å². The van der Waals surface area contributed by atoms with Crippen LogP contribution in [-0.2, 0) is 9.59 Å². The van der Waals surface area contributed by atoms with Crippen LogP contribution in [0.5, 0.6) is 11.5 Å². The van der Waals surface area contributed by atoms with E-state index in [1.807, 2.05) is 4.90 Å². The number of rotatable bonds is 5. The summed E-state index contributed by atoms with van der Waals surface area (Å²) in [5.41, 5.74) is 0. The molecule has 2 aliphatic rings. The number of piperidine rings is 1. The van der Waals surface area contributed by atoms with Crippen molar-refractivity contribution in [2.75, 3.05) is 13.1 Å². The minimum absolute atomic E-state index is 0.0895. The smallest absolute Gasteiger partial charge is 0.260 e. The van der Waals surface area contributed by atoms with E-state index in [4.69, 9.17) is 4.74 Å². The zero-order chi connectivity index (χ0) is 17.1. The van der Waals surface area contributed by atoms with Crippen LogP contribution in [0.1, 0.15) is 32.6 Å². The third-order valence-electron chi connectivity index (χ3n) is 4.60. The van der Waals surface area contributed by atoms with E-state index in [1.165, 1.54) is 12.1 Å². The fourth-order valence-electron chi connectivity index (χ4n) is 2.93. The molecular formula is C18H24N2O4. The van der Waals surface area contributed by atoms with Gasteiger partial charge in [-0.25, -0.2) is 0 Å². The van der Waals surface area contributed by atoms with Gasteiger partial charge >= 0.3 is 0 Å². The van der Waals surface area contributed by atoms with Crippen molar-refractivity contribution in [3.8, 4) is 11.5 Å². The number of benzene rings is 1. The number of carbonyl (C=O) groups excluding carboxylic acids is 2. The van der Waals surface area contributed by atoms with Crippen molar-refractivity contribution >= 4 is 11.8 Å². The van der Waals surface area contributed by atoms with Crippen molar-refractivity contribution in [1.29, 1.82) is 0 Å². The van der Waals surface area contributed by atoms with Gasteiger partial charge in [-0.05, 0) is 56.9 Å². The minimum atomic E-state index is -0.610. The van der Waals surface area contributed by atoms with Crippen LogP contribution in [0.4, 0.5) is 0 Å². The molecule has 2 amide bonds. The SMILES string of the molecule is CC(Oc1ccc(O)cc1)C(=O)NC1CCN(C(=O)C2CC2)CC1. The lowest BCUT2D eigenvalue weighted by Crippen LogP contribution is -2.49. The molecule has 6 nitrogen and oxygen atoms in total. The molecule has 1 aliphatic carbocycles. The number of phenols is 1. The summed E-state index contributed by atoms with van der Waals surface area (Å²) >= 11 is 0. The van der Waals surface area contributed by atoms with Crippen molar-refractivity contribution in [2.45, 2.75) is 44.8 Å². The number of hydrogen-bond acceptors (Lipinski definition) is 4. The van der Waals surface area contributed by atoms with Gasteiger partial charge in [-0.3, -0.25) is 9.59 Å². The first kappa shape index (κ1) is 16.6. The maximum absolute atomic E-state index is 12.3. The van der Waals surface area contributed by atoms with Gasteiger partial charge < -0.3 is 20.1 Å². The maximum atomic E-state index is 12.3. The number of hydrogen-bond donors (Lipinski definition) is 2. The van der Waals surface area contributed by atoms with E-state index >= 15 is 0 Å². The molecule has 1 atom stereocenters. The summed E-state index contributed by atoms with van der Waals surface area (Å²) < 4.78 is 5.58. The third-order valence-corrected chi connectivity index (χ3v) is 4.60. The summed E-state index contributed by atoms with van der Waals surface area (Å²) in [6.07, 6.45) is 3.02. The lowest BCUT2D eigenvalue weighted by Gasteiger charge is -2.33. The zero-order valence-electron chi connectivity index (χ0n) is 13.9. The lowest BCUT2D eigenvalue weighted by atomic mass is 10.0. The highest BCUT2D eigenvalue weighted by Crippen LogP contribution is 2.31. The normalized spacial score (nSPS) is 19.6. The second-order valence-electron chi connectivity index (χ2n) is 6.64. The number of amides is 2. The van der Waals surface area contributed by atoms with E-state index in [-0.39, 0.29) is 29.5 Å². The molecule has 6 heteroatoms. The highest BCUT2D eigenvalue weighted by molar-refractivity contribution is 5.82. The topological polar surface area (TPSA) is 78.9 Å². The molecule has 1 heterocycles. The van der Waals surface area contributed by atoms with E-state index in [2.05, 4.69) is 5.32 Å². The van der Waals surface area contributed by atoms with E-state index in [0.717, 1.165) is 25.7 Å². The van der Waals surface area contributed by atoms with Crippen LogP contribution in [0.2, 0.25) is 0 Å². The summed E-state index contributed by atoms with van der Waals surface area (Å²) in [5, 5.41) is 12.3. The lowest BCUT2D eigenvalue weighted by molar-refractivity contribution is -0.134. The first-order chi connectivity index (χ1) is 11.5. The van der Waals surface area contributed by atoms with Gasteiger partial charge in [0, 0.05) is 25.0 Å². The Balaban J connectivity index is 1.43. The summed E-state index contributed by atoms with van der Waals surface area (Å²) in [4.78, 5) is 26.2.